The number of amides is 1. The molecule has 0 bridgehead atoms. The van der Waals surface area contributed by atoms with Crippen molar-refractivity contribution in [2.45, 2.75) is 58.6 Å². The lowest BCUT2D eigenvalue weighted by atomic mass is 10.1. The van der Waals surface area contributed by atoms with Crippen LogP contribution in [0.25, 0.3) is 0 Å². The number of anilines is 1. The Kier molecular flexibility index (Phi) is 14.5. The molecule has 1 aromatic rings. The number of hydrogen-bond donors (Lipinski definition) is 2. The number of guanidine groups is 1. The summed E-state index contributed by atoms with van der Waals surface area (Å²) in [5, 5.41) is 6.36. The zero-order chi connectivity index (χ0) is 21.6. The number of carbonyl (C=O) groups is 1. The maximum atomic E-state index is 11.8. The van der Waals surface area contributed by atoms with Crippen molar-refractivity contribution in [2.24, 2.45) is 4.99 Å². The summed E-state index contributed by atoms with van der Waals surface area (Å²) in [6, 6.07) is 7.93. The van der Waals surface area contributed by atoms with E-state index in [0.717, 1.165) is 75.7 Å². The average Bonchev–Trinajstić information content (AvgIpc) is 2.75. The Morgan fingerprint density at radius 2 is 2.00 bits per heavy atom. The second-order valence-corrected chi connectivity index (χ2v) is 7.57. The lowest BCUT2D eigenvalue weighted by Crippen LogP contribution is -2.47. The topological polar surface area (TPSA) is 75.2 Å². The molecule has 7 nitrogen and oxygen atoms in total. The van der Waals surface area contributed by atoms with E-state index in [1.165, 1.54) is 0 Å². The molecule has 0 atom stereocenters. The molecular formula is C23H39IN4O3. The highest BCUT2D eigenvalue weighted by Gasteiger charge is 2.21. The highest BCUT2D eigenvalue weighted by Crippen LogP contribution is 2.16. The molecule has 0 radical (unpaired) electrons. The molecule has 1 saturated heterocycles. The molecule has 1 aromatic carbocycles. The van der Waals surface area contributed by atoms with E-state index >= 15 is 0 Å². The number of hydrogen-bond acceptors (Lipinski definition) is 4. The first-order valence-corrected chi connectivity index (χ1v) is 11.2. The third kappa shape index (κ3) is 10.7. The minimum atomic E-state index is 0. The quantitative estimate of drug-likeness (QED) is 0.190. The van der Waals surface area contributed by atoms with Crippen LogP contribution in [-0.4, -0.2) is 62.8 Å². The van der Waals surface area contributed by atoms with Crippen LogP contribution in [0.3, 0.4) is 0 Å². The molecule has 2 rings (SSSR count). The summed E-state index contributed by atoms with van der Waals surface area (Å²) in [6.07, 6.45) is 4.67. The van der Waals surface area contributed by atoms with E-state index in [2.05, 4.69) is 22.5 Å². The third-order valence-corrected chi connectivity index (χ3v) is 5.02. The summed E-state index contributed by atoms with van der Waals surface area (Å²) in [7, 11) is 1.72. The minimum Gasteiger partial charge on any atom is -0.385 e. The number of carbonyl (C=O) groups excluding carboxylic acids is 1. The van der Waals surface area contributed by atoms with E-state index in [-0.39, 0.29) is 29.9 Å². The van der Waals surface area contributed by atoms with Crippen LogP contribution in [0.5, 0.6) is 0 Å². The Bertz CT molecular complexity index is 664. The third-order valence-electron chi connectivity index (χ3n) is 5.02. The Labute approximate surface area is 204 Å². The molecule has 176 valence electrons. The number of methoxy groups -OCH3 is 1. The predicted octanol–water partition coefficient (Wildman–Crippen LogP) is 4.03. The van der Waals surface area contributed by atoms with Crippen molar-refractivity contribution in [1.82, 2.24) is 10.2 Å². The van der Waals surface area contributed by atoms with Crippen molar-refractivity contribution < 1.29 is 14.3 Å². The van der Waals surface area contributed by atoms with Gasteiger partial charge in [-0.3, -0.25) is 4.79 Å². The number of nitrogens with one attached hydrogen (secondary N) is 2. The molecule has 1 amide bonds. The van der Waals surface area contributed by atoms with Crippen LogP contribution >= 0.6 is 24.0 Å². The van der Waals surface area contributed by atoms with Gasteiger partial charge in [0.15, 0.2) is 5.96 Å². The van der Waals surface area contributed by atoms with Gasteiger partial charge in [0, 0.05) is 52.1 Å². The smallest absolute Gasteiger partial charge is 0.224 e. The molecule has 2 N–H and O–H groups in total. The van der Waals surface area contributed by atoms with Gasteiger partial charge in [-0.15, -0.1) is 24.0 Å². The summed E-state index contributed by atoms with van der Waals surface area (Å²) in [5.74, 6) is 0.995. The summed E-state index contributed by atoms with van der Waals surface area (Å²) < 4.78 is 11.0. The van der Waals surface area contributed by atoms with Crippen LogP contribution in [0.15, 0.2) is 29.3 Å². The minimum absolute atomic E-state index is 0. The highest BCUT2D eigenvalue weighted by molar-refractivity contribution is 14.0. The van der Waals surface area contributed by atoms with Crippen LogP contribution in [0.2, 0.25) is 0 Å². The van der Waals surface area contributed by atoms with Crippen molar-refractivity contribution in [2.75, 3.05) is 45.3 Å². The van der Waals surface area contributed by atoms with Gasteiger partial charge in [-0.2, -0.15) is 0 Å². The summed E-state index contributed by atoms with van der Waals surface area (Å²) in [4.78, 5) is 19.0. The van der Waals surface area contributed by atoms with Crippen LogP contribution in [0.1, 0.15) is 51.5 Å². The summed E-state index contributed by atoms with van der Waals surface area (Å²) >= 11 is 0. The second-order valence-electron chi connectivity index (χ2n) is 7.57. The zero-order valence-corrected chi connectivity index (χ0v) is 21.5. The number of nitrogens with zero attached hydrogens (tertiary/aromatic N) is 2. The molecule has 0 spiro atoms. The van der Waals surface area contributed by atoms with E-state index in [4.69, 9.17) is 14.5 Å². The Morgan fingerprint density at radius 3 is 2.68 bits per heavy atom. The van der Waals surface area contributed by atoms with Crippen LogP contribution < -0.4 is 10.6 Å². The molecule has 1 aliphatic heterocycles. The van der Waals surface area contributed by atoms with Crippen LogP contribution in [0.4, 0.5) is 5.69 Å². The molecule has 1 aliphatic rings. The van der Waals surface area contributed by atoms with Gasteiger partial charge in [0.2, 0.25) is 5.91 Å². The monoisotopic (exact) mass is 546 g/mol. The molecular weight excluding hydrogens is 507 g/mol. The first-order chi connectivity index (χ1) is 14.7. The number of halogens is 1. The van der Waals surface area contributed by atoms with Crippen molar-refractivity contribution in [3.63, 3.8) is 0 Å². The van der Waals surface area contributed by atoms with Crippen molar-refractivity contribution in [1.29, 1.82) is 0 Å². The van der Waals surface area contributed by atoms with E-state index in [1.807, 2.05) is 31.2 Å². The van der Waals surface area contributed by atoms with Crippen LogP contribution in [0, 0.1) is 0 Å². The molecule has 0 aliphatic carbocycles. The zero-order valence-electron chi connectivity index (χ0n) is 19.2. The molecule has 8 heteroatoms. The number of piperidine rings is 1. The summed E-state index contributed by atoms with van der Waals surface area (Å²) in [5.41, 5.74) is 1.91. The maximum absolute atomic E-state index is 11.8. The maximum Gasteiger partial charge on any atom is 0.224 e. The van der Waals surface area contributed by atoms with Gasteiger partial charge in [-0.1, -0.05) is 19.1 Å². The first-order valence-electron chi connectivity index (χ1n) is 11.2. The molecule has 1 fully saturated rings. The number of aliphatic imine (C=N–C) groups is 1. The van der Waals surface area contributed by atoms with Gasteiger partial charge < -0.3 is 25.0 Å². The van der Waals surface area contributed by atoms with Crippen LogP contribution in [-0.2, 0) is 20.8 Å². The van der Waals surface area contributed by atoms with Crippen molar-refractivity contribution >= 4 is 41.5 Å². The van der Waals surface area contributed by atoms with Gasteiger partial charge >= 0.3 is 0 Å². The second kappa shape index (κ2) is 16.3. The molecule has 31 heavy (non-hydrogen) atoms. The van der Waals surface area contributed by atoms with Gasteiger partial charge in [-0.25, -0.2) is 4.99 Å². The normalized spacial score (nSPS) is 14.8. The highest BCUT2D eigenvalue weighted by atomic mass is 127. The first kappa shape index (κ1) is 27.6. The fraction of sp³-hybridized carbons (Fsp3) is 0.652. The van der Waals surface area contributed by atoms with Crippen molar-refractivity contribution in [3.8, 4) is 0 Å². The fourth-order valence-corrected chi connectivity index (χ4v) is 3.48. The Hall–Kier alpha value is -1.39. The van der Waals surface area contributed by atoms with E-state index in [9.17, 15) is 4.79 Å². The molecule has 0 aromatic heterocycles. The SMILES string of the molecule is CCCC(=O)Nc1cccc(CN=C(NCC)N2CCC(OCCCOC)CC2)c1.I. The lowest BCUT2D eigenvalue weighted by molar-refractivity contribution is -0.116. The predicted molar refractivity (Wildman–Crippen MR) is 137 cm³/mol. The number of ether oxygens (including phenoxy) is 2. The van der Waals surface area contributed by atoms with Crippen molar-refractivity contribution in [3.05, 3.63) is 29.8 Å². The summed E-state index contributed by atoms with van der Waals surface area (Å²) in [6.45, 7) is 8.89. The number of benzene rings is 1. The largest absolute Gasteiger partial charge is 0.385 e. The fourth-order valence-electron chi connectivity index (χ4n) is 3.48. The Balaban J connectivity index is 0.00000480. The lowest BCUT2D eigenvalue weighted by Gasteiger charge is -2.34. The van der Waals surface area contributed by atoms with E-state index < -0.39 is 0 Å². The average molecular weight is 546 g/mol. The molecule has 0 saturated carbocycles. The standard InChI is InChI=1S/C23H38N4O3.HI/c1-4-8-22(28)26-20-10-6-9-19(17-20)18-25-23(24-5-2)27-13-11-21(12-14-27)30-16-7-15-29-3;/h6,9-10,17,21H,4-5,7-8,11-16,18H2,1-3H3,(H,24,25)(H,26,28);1H. The van der Waals surface area contributed by atoms with E-state index in [0.29, 0.717) is 19.1 Å². The number of likely N-dealkylation sites (tertiary alicyclic amines) is 1. The number of rotatable bonds is 11. The molecule has 1 heterocycles. The van der Waals surface area contributed by atoms with Gasteiger partial charge in [0.05, 0.1) is 12.6 Å². The van der Waals surface area contributed by atoms with E-state index in [1.54, 1.807) is 7.11 Å². The molecule has 0 unspecified atom stereocenters. The van der Waals surface area contributed by atoms with Gasteiger partial charge in [-0.05, 0) is 50.3 Å². The van der Waals surface area contributed by atoms with Gasteiger partial charge in [0.1, 0.15) is 0 Å². The van der Waals surface area contributed by atoms with Gasteiger partial charge in [0.25, 0.3) is 0 Å². The Morgan fingerprint density at radius 1 is 1.23 bits per heavy atom.